The smallest absolute Gasteiger partial charge is 0.338 e. The van der Waals surface area contributed by atoms with Crippen molar-refractivity contribution >= 4 is 33.3 Å². The van der Waals surface area contributed by atoms with Gasteiger partial charge >= 0.3 is 5.97 Å². The Hall–Kier alpha value is -2.87. The molecule has 31 heavy (non-hydrogen) atoms. The summed E-state index contributed by atoms with van der Waals surface area (Å²) in [6, 6.07) is 9.20. The Labute approximate surface area is 184 Å². The second-order valence-electron chi connectivity index (χ2n) is 7.49. The second-order valence-corrected chi connectivity index (χ2v) is 9.35. The van der Waals surface area contributed by atoms with Crippen molar-refractivity contribution in [3.8, 4) is 0 Å². The molecule has 0 aromatic heterocycles. The van der Waals surface area contributed by atoms with Gasteiger partial charge in [0.15, 0.2) is 0 Å². The largest absolute Gasteiger partial charge is 0.462 e. The predicted octanol–water partition coefficient (Wildman–Crippen LogP) is 3.97. The average molecular weight is 447 g/mol. The summed E-state index contributed by atoms with van der Waals surface area (Å²) >= 11 is 0. The Morgan fingerprint density at radius 2 is 1.68 bits per heavy atom. The SMILES string of the molecule is CCOC(=O)c1ccc(NC(=O)[C@H](CC)N(c2ccc(C)c(C)c2)S(C)(=O)=O)c(C)c1. The van der Waals surface area contributed by atoms with E-state index in [-0.39, 0.29) is 13.0 Å². The molecule has 0 unspecified atom stereocenters. The average Bonchev–Trinajstić information content (AvgIpc) is 2.69. The van der Waals surface area contributed by atoms with Gasteiger partial charge in [-0.15, -0.1) is 0 Å². The van der Waals surface area contributed by atoms with E-state index in [0.29, 0.717) is 22.5 Å². The van der Waals surface area contributed by atoms with Crippen LogP contribution in [0.4, 0.5) is 11.4 Å². The molecular weight excluding hydrogens is 416 g/mol. The molecule has 0 saturated carbocycles. The zero-order valence-electron chi connectivity index (χ0n) is 18.9. The Balaban J connectivity index is 2.36. The lowest BCUT2D eigenvalue weighted by atomic mass is 10.1. The zero-order chi connectivity index (χ0) is 23.3. The number of hydrogen-bond acceptors (Lipinski definition) is 5. The van der Waals surface area contributed by atoms with Gasteiger partial charge in [0.25, 0.3) is 0 Å². The molecule has 1 N–H and O–H groups in total. The molecule has 1 atom stereocenters. The fourth-order valence-electron chi connectivity index (χ4n) is 3.28. The monoisotopic (exact) mass is 446 g/mol. The number of ether oxygens (including phenoxy) is 1. The number of sulfonamides is 1. The normalized spacial score (nSPS) is 12.2. The minimum Gasteiger partial charge on any atom is -0.462 e. The van der Waals surface area contributed by atoms with Gasteiger partial charge in [0.1, 0.15) is 6.04 Å². The van der Waals surface area contributed by atoms with Crippen molar-refractivity contribution in [1.29, 1.82) is 0 Å². The highest BCUT2D eigenvalue weighted by molar-refractivity contribution is 7.92. The lowest BCUT2D eigenvalue weighted by molar-refractivity contribution is -0.117. The number of carbonyl (C=O) groups excluding carboxylic acids is 2. The molecule has 1 amide bonds. The van der Waals surface area contributed by atoms with Crippen molar-refractivity contribution in [3.63, 3.8) is 0 Å². The number of hydrogen-bond donors (Lipinski definition) is 1. The number of amides is 1. The van der Waals surface area contributed by atoms with Gasteiger partial charge in [0, 0.05) is 5.69 Å². The quantitative estimate of drug-likeness (QED) is 0.620. The summed E-state index contributed by atoms with van der Waals surface area (Å²) < 4.78 is 31.4. The molecule has 0 heterocycles. The number of carbonyl (C=O) groups is 2. The van der Waals surface area contributed by atoms with Gasteiger partial charge in [-0.3, -0.25) is 9.10 Å². The van der Waals surface area contributed by atoms with Crippen molar-refractivity contribution in [2.75, 3.05) is 22.5 Å². The van der Waals surface area contributed by atoms with E-state index in [1.165, 1.54) is 0 Å². The fraction of sp³-hybridized carbons (Fsp3) is 0.391. The summed E-state index contributed by atoms with van der Waals surface area (Å²) in [5, 5.41) is 2.81. The van der Waals surface area contributed by atoms with Gasteiger partial charge in [0.05, 0.1) is 24.1 Å². The molecule has 0 aliphatic carbocycles. The molecule has 0 bridgehead atoms. The maximum Gasteiger partial charge on any atom is 0.338 e. The number of aryl methyl sites for hydroxylation is 3. The molecule has 2 rings (SSSR count). The number of anilines is 2. The van der Waals surface area contributed by atoms with Crippen LogP contribution in [-0.2, 0) is 19.6 Å². The summed E-state index contributed by atoms with van der Waals surface area (Å²) in [6.07, 6.45) is 1.38. The van der Waals surface area contributed by atoms with Gasteiger partial charge in [-0.05, 0) is 81.1 Å². The van der Waals surface area contributed by atoms with Crippen molar-refractivity contribution < 1.29 is 22.7 Å². The molecule has 0 aliphatic heterocycles. The maximum absolute atomic E-state index is 13.1. The van der Waals surface area contributed by atoms with Gasteiger partial charge in [-0.1, -0.05) is 13.0 Å². The van der Waals surface area contributed by atoms with Crippen LogP contribution in [0.2, 0.25) is 0 Å². The Kier molecular flexibility index (Phi) is 7.84. The van der Waals surface area contributed by atoms with Crippen molar-refractivity contribution in [1.82, 2.24) is 0 Å². The first-order valence-electron chi connectivity index (χ1n) is 10.1. The first-order valence-corrected chi connectivity index (χ1v) is 12.0. The van der Waals surface area contributed by atoms with Crippen LogP contribution >= 0.6 is 0 Å². The van der Waals surface area contributed by atoms with Crippen molar-refractivity contribution in [2.45, 2.75) is 47.1 Å². The third-order valence-corrected chi connectivity index (χ3v) is 6.25. The van der Waals surface area contributed by atoms with E-state index < -0.39 is 27.9 Å². The third-order valence-electron chi connectivity index (χ3n) is 5.07. The molecular formula is C23H30N2O5S. The van der Waals surface area contributed by atoms with Crippen LogP contribution in [-0.4, -0.2) is 39.2 Å². The van der Waals surface area contributed by atoms with E-state index in [1.807, 2.05) is 19.9 Å². The number of benzene rings is 2. The molecule has 0 aliphatic rings. The molecule has 2 aromatic carbocycles. The van der Waals surface area contributed by atoms with Crippen LogP contribution in [0.25, 0.3) is 0 Å². The van der Waals surface area contributed by atoms with Crippen molar-refractivity contribution in [3.05, 3.63) is 58.7 Å². The molecule has 7 nitrogen and oxygen atoms in total. The van der Waals surface area contributed by atoms with Gasteiger partial charge in [0.2, 0.25) is 15.9 Å². The van der Waals surface area contributed by atoms with Crippen LogP contribution in [0.1, 0.15) is 47.3 Å². The topological polar surface area (TPSA) is 92.8 Å². The van der Waals surface area contributed by atoms with Gasteiger partial charge < -0.3 is 10.1 Å². The summed E-state index contributed by atoms with van der Waals surface area (Å²) in [5.41, 5.74) is 3.98. The molecule has 8 heteroatoms. The van der Waals surface area contributed by atoms with Gasteiger partial charge in [-0.2, -0.15) is 0 Å². The van der Waals surface area contributed by atoms with Crippen LogP contribution in [0.15, 0.2) is 36.4 Å². The van der Waals surface area contributed by atoms with E-state index in [1.54, 1.807) is 51.1 Å². The Bertz CT molecular complexity index is 1080. The summed E-state index contributed by atoms with van der Waals surface area (Å²) in [6.45, 7) is 9.37. The fourth-order valence-corrected chi connectivity index (χ4v) is 4.49. The highest BCUT2D eigenvalue weighted by Gasteiger charge is 2.32. The van der Waals surface area contributed by atoms with E-state index in [4.69, 9.17) is 4.74 Å². The molecule has 2 aromatic rings. The third kappa shape index (κ3) is 5.85. The van der Waals surface area contributed by atoms with E-state index >= 15 is 0 Å². The van der Waals surface area contributed by atoms with Crippen LogP contribution in [0.5, 0.6) is 0 Å². The molecule has 0 radical (unpaired) electrons. The molecule has 168 valence electrons. The molecule has 0 spiro atoms. The van der Waals surface area contributed by atoms with E-state index in [2.05, 4.69) is 5.32 Å². The Morgan fingerprint density at radius 1 is 1.00 bits per heavy atom. The molecule has 0 saturated heterocycles. The lowest BCUT2D eigenvalue weighted by Gasteiger charge is -2.30. The molecule has 0 fully saturated rings. The lowest BCUT2D eigenvalue weighted by Crippen LogP contribution is -2.47. The number of nitrogens with one attached hydrogen (secondary N) is 1. The van der Waals surface area contributed by atoms with Crippen LogP contribution < -0.4 is 9.62 Å². The minimum atomic E-state index is -3.72. The number of nitrogens with zero attached hydrogens (tertiary/aromatic N) is 1. The Morgan fingerprint density at radius 3 is 2.19 bits per heavy atom. The predicted molar refractivity (Wildman–Crippen MR) is 123 cm³/mol. The summed E-state index contributed by atoms with van der Waals surface area (Å²) in [5.74, 6) is -0.883. The van der Waals surface area contributed by atoms with Crippen LogP contribution in [0.3, 0.4) is 0 Å². The highest BCUT2D eigenvalue weighted by Crippen LogP contribution is 2.26. The minimum absolute atomic E-state index is 0.272. The standard InChI is InChI=1S/C23H30N2O5S/c1-7-21(25(31(6,28)29)19-11-9-15(3)16(4)14-19)22(26)24-20-12-10-18(13-17(20)5)23(27)30-8-2/h9-14,21H,7-8H2,1-6H3,(H,24,26)/t21-/m0/s1. The van der Waals surface area contributed by atoms with Crippen LogP contribution in [0, 0.1) is 20.8 Å². The van der Waals surface area contributed by atoms with E-state index in [9.17, 15) is 18.0 Å². The summed E-state index contributed by atoms with van der Waals surface area (Å²) in [4.78, 5) is 25.0. The zero-order valence-corrected chi connectivity index (χ0v) is 19.7. The highest BCUT2D eigenvalue weighted by atomic mass is 32.2. The number of rotatable bonds is 8. The van der Waals surface area contributed by atoms with E-state index in [0.717, 1.165) is 21.7 Å². The summed E-state index contributed by atoms with van der Waals surface area (Å²) in [7, 11) is -3.72. The van der Waals surface area contributed by atoms with Gasteiger partial charge in [-0.25, -0.2) is 13.2 Å². The number of esters is 1. The second kappa shape index (κ2) is 9.96. The first-order chi connectivity index (χ1) is 14.5. The maximum atomic E-state index is 13.1. The first kappa shape index (κ1) is 24.4. The van der Waals surface area contributed by atoms with Crippen molar-refractivity contribution in [2.24, 2.45) is 0 Å².